The zero-order valence-corrected chi connectivity index (χ0v) is 12.1. The first kappa shape index (κ1) is 14.8. The lowest BCUT2D eigenvalue weighted by molar-refractivity contribution is -0.123. The number of hydrogen-bond acceptors (Lipinski definition) is 5. The van der Waals surface area contributed by atoms with Gasteiger partial charge in [-0.2, -0.15) is 4.98 Å². The van der Waals surface area contributed by atoms with Crippen LogP contribution in [0.1, 0.15) is 17.3 Å². The number of rotatable bonds is 5. The largest absolute Gasteiger partial charge is 0.478 e. The summed E-state index contributed by atoms with van der Waals surface area (Å²) in [7, 11) is 3.36. The van der Waals surface area contributed by atoms with Gasteiger partial charge >= 0.3 is 5.97 Å². The molecule has 21 heavy (non-hydrogen) atoms. The van der Waals surface area contributed by atoms with E-state index in [4.69, 9.17) is 9.52 Å². The van der Waals surface area contributed by atoms with Gasteiger partial charge in [0.1, 0.15) is 5.52 Å². The average Bonchev–Trinajstić information content (AvgIpc) is 2.89. The van der Waals surface area contributed by atoms with E-state index in [9.17, 15) is 9.59 Å². The second-order valence-corrected chi connectivity index (χ2v) is 4.88. The predicted molar refractivity (Wildman–Crippen MR) is 77.5 cm³/mol. The van der Waals surface area contributed by atoms with E-state index in [1.165, 1.54) is 12.1 Å². The van der Waals surface area contributed by atoms with Crippen molar-refractivity contribution in [1.82, 2.24) is 10.3 Å². The van der Waals surface area contributed by atoms with Crippen molar-refractivity contribution < 1.29 is 19.1 Å². The highest BCUT2D eigenvalue weighted by Crippen LogP contribution is 2.23. The molecule has 1 amide bonds. The summed E-state index contributed by atoms with van der Waals surface area (Å²) in [6, 6.07) is 4.86. The van der Waals surface area contributed by atoms with Gasteiger partial charge in [0.15, 0.2) is 5.58 Å². The van der Waals surface area contributed by atoms with Crippen LogP contribution < -0.4 is 10.2 Å². The Labute approximate surface area is 121 Å². The molecule has 2 aromatic rings. The Balaban J connectivity index is 2.22. The van der Waals surface area contributed by atoms with Gasteiger partial charge in [0, 0.05) is 20.6 Å². The van der Waals surface area contributed by atoms with Crippen LogP contribution >= 0.6 is 0 Å². The number of aromatic nitrogens is 1. The minimum Gasteiger partial charge on any atom is -0.478 e. The maximum absolute atomic E-state index is 11.5. The van der Waals surface area contributed by atoms with Gasteiger partial charge in [-0.05, 0) is 18.2 Å². The third-order valence-electron chi connectivity index (χ3n) is 3.19. The molecule has 0 saturated carbocycles. The van der Waals surface area contributed by atoms with Crippen LogP contribution in [0, 0.1) is 5.92 Å². The second kappa shape index (κ2) is 5.82. The Kier molecular flexibility index (Phi) is 4.11. The summed E-state index contributed by atoms with van der Waals surface area (Å²) in [6.45, 7) is 2.25. The van der Waals surface area contributed by atoms with Crippen molar-refractivity contribution in [1.29, 1.82) is 0 Å². The van der Waals surface area contributed by atoms with Crippen LogP contribution in [-0.4, -0.2) is 42.6 Å². The van der Waals surface area contributed by atoms with E-state index in [0.29, 0.717) is 23.7 Å². The van der Waals surface area contributed by atoms with Gasteiger partial charge in [0.2, 0.25) is 5.91 Å². The van der Waals surface area contributed by atoms with Gasteiger partial charge in [-0.25, -0.2) is 4.79 Å². The molecule has 7 heteroatoms. The minimum absolute atomic E-state index is 0.0638. The zero-order chi connectivity index (χ0) is 15.6. The van der Waals surface area contributed by atoms with E-state index in [1.807, 2.05) is 0 Å². The van der Waals surface area contributed by atoms with Crippen molar-refractivity contribution in [2.45, 2.75) is 6.92 Å². The van der Waals surface area contributed by atoms with E-state index >= 15 is 0 Å². The molecule has 1 unspecified atom stereocenters. The van der Waals surface area contributed by atoms with Gasteiger partial charge in [-0.3, -0.25) is 4.79 Å². The summed E-state index contributed by atoms with van der Waals surface area (Å²) in [5.74, 6) is -1.30. The summed E-state index contributed by atoms with van der Waals surface area (Å²) >= 11 is 0. The average molecular weight is 291 g/mol. The lowest BCUT2D eigenvalue weighted by Gasteiger charge is -2.18. The minimum atomic E-state index is -1.02. The highest BCUT2D eigenvalue weighted by molar-refractivity contribution is 5.92. The molecule has 0 saturated heterocycles. The molecule has 7 nitrogen and oxygen atoms in total. The Morgan fingerprint density at radius 3 is 2.81 bits per heavy atom. The van der Waals surface area contributed by atoms with Gasteiger partial charge in [-0.1, -0.05) is 6.92 Å². The molecule has 0 spiro atoms. The monoisotopic (exact) mass is 291 g/mol. The Hall–Kier alpha value is -2.57. The van der Waals surface area contributed by atoms with Crippen LogP contribution in [-0.2, 0) is 4.79 Å². The summed E-state index contributed by atoms with van der Waals surface area (Å²) < 4.78 is 5.55. The number of aromatic carboxylic acids is 1. The standard InChI is InChI=1S/C14H17N3O4/c1-8(12(18)15-2)7-17(3)14-16-10-5-4-9(13(19)20)6-11(10)21-14/h4-6,8H,7H2,1-3H3,(H,15,18)(H,19,20). The highest BCUT2D eigenvalue weighted by Gasteiger charge is 2.18. The third kappa shape index (κ3) is 3.13. The third-order valence-corrected chi connectivity index (χ3v) is 3.19. The van der Waals surface area contributed by atoms with Gasteiger partial charge in [0.05, 0.1) is 11.5 Å². The number of anilines is 1. The molecule has 1 aromatic carbocycles. The SMILES string of the molecule is CNC(=O)C(C)CN(C)c1nc2ccc(C(=O)O)cc2o1. The molecule has 2 N–H and O–H groups in total. The first-order chi connectivity index (χ1) is 9.92. The maximum Gasteiger partial charge on any atom is 0.335 e. The molecule has 1 atom stereocenters. The molecule has 0 bridgehead atoms. The van der Waals surface area contributed by atoms with E-state index in [1.54, 1.807) is 32.0 Å². The zero-order valence-electron chi connectivity index (χ0n) is 12.1. The topological polar surface area (TPSA) is 95.7 Å². The lowest BCUT2D eigenvalue weighted by atomic mass is 10.1. The van der Waals surface area contributed by atoms with Crippen molar-refractivity contribution in [3.05, 3.63) is 23.8 Å². The number of nitrogens with one attached hydrogen (secondary N) is 1. The van der Waals surface area contributed by atoms with Gasteiger partial charge in [-0.15, -0.1) is 0 Å². The fourth-order valence-corrected chi connectivity index (χ4v) is 2.03. The Morgan fingerprint density at radius 1 is 1.48 bits per heavy atom. The van der Waals surface area contributed by atoms with Crippen LogP contribution in [0.15, 0.2) is 22.6 Å². The highest BCUT2D eigenvalue weighted by atomic mass is 16.4. The number of carbonyl (C=O) groups excluding carboxylic acids is 1. The van der Waals surface area contributed by atoms with Crippen molar-refractivity contribution in [2.24, 2.45) is 5.92 Å². The molecular weight excluding hydrogens is 274 g/mol. The molecule has 0 aliphatic heterocycles. The first-order valence-corrected chi connectivity index (χ1v) is 6.49. The summed E-state index contributed by atoms with van der Waals surface area (Å²) in [5.41, 5.74) is 1.13. The summed E-state index contributed by atoms with van der Waals surface area (Å²) in [6.07, 6.45) is 0. The lowest BCUT2D eigenvalue weighted by Crippen LogP contribution is -2.34. The Morgan fingerprint density at radius 2 is 2.19 bits per heavy atom. The number of carboxylic acid groups (broad SMARTS) is 1. The predicted octanol–water partition coefficient (Wildman–Crippen LogP) is 1.34. The molecule has 112 valence electrons. The molecule has 1 aromatic heterocycles. The number of nitrogens with zero attached hydrogens (tertiary/aromatic N) is 2. The maximum atomic E-state index is 11.5. The number of carbonyl (C=O) groups is 2. The molecular formula is C14H17N3O4. The second-order valence-electron chi connectivity index (χ2n) is 4.88. The summed E-state index contributed by atoms with van der Waals surface area (Å²) in [4.78, 5) is 28.4. The normalized spacial score (nSPS) is 12.1. The molecule has 0 aliphatic rings. The quantitative estimate of drug-likeness (QED) is 0.863. The fourth-order valence-electron chi connectivity index (χ4n) is 2.03. The van der Waals surface area contributed by atoms with Crippen LogP contribution in [0.4, 0.5) is 6.01 Å². The van der Waals surface area contributed by atoms with E-state index < -0.39 is 5.97 Å². The smallest absolute Gasteiger partial charge is 0.335 e. The number of amides is 1. The van der Waals surface area contributed by atoms with E-state index in [-0.39, 0.29) is 17.4 Å². The fraction of sp³-hybridized carbons (Fsp3) is 0.357. The molecule has 0 aliphatic carbocycles. The molecule has 1 heterocycles. The molecule has 0 radical (unpaired) electrons. The summed E-state index contributed by atoms with van der Waals surface area (Å²) in [5, 5.41) is 11.5. The van der Waals surface area contributed by atoms with Crippen LogP contribution in [0.5, 0.6) is 0 Å². The van der Waals surface area contributed by atoms with Crippen LogP contribution in [0.25, 0.3) is 11.1 Å². The number of oxazole rings is 1. The van der Waals surface area contributed by atoms with Crippen molar-refractivity contribution in [2.75, 3.05) is 25.5 Å². The van der Waals surface area contributed by atoms with E-state index in [0.717, 1.165) is 0 Å². The Bertz CT molecular complexity index is 680. The van der Waals surface area contributed by atoms with E-state index in [2.05, 4.69) is 10.3 Å². The molecule has 0 fully saturated rings. The number of benzene rings is 1. The number of hydrogen-bond donors (Lipinski definition) is 2. The van der Waals surface area contributed by atoms with Crippen molar-refractivity contribution in [3.63, 3.8) is 0 Å². The van der Waals surface area contributed by atoms with Crippen LogP contribution in [0.3, 0.4) is 0 Å². The number of fused-ring (bicyclic) bond motifs is 1. The molecule has 2 rings (SSSR count). The first-order valence-electron chi connectivity index (χ1n) is 6.49. The van der Waals surface area contributed by atoms with Crippen LogP contribution in [0.2, 0.25) is 0 Å². The van der Waals surface area contributed by atoms with Crippen molar-refractivity contribution >= 4 is 29.0 Å². The van der Waals surface area contributed by atoms with Gasteiger partial charge < -0.3 is 19.7 Å². The number of carboxylic acids is 1. The van der Waals surface area contributed by atoms with Gasteiger partial charge in [0.25, 0.3) is 6.01 Å². The van der Waals surface area contributed by atoms with Crippen molar-refractivity contribution in [3.8, 4) is 0 Å².